The van der Waals surface area contributed by atoms with Gasteiger partial charge >= 0.3 is 0 Å². The molecule has 1 heterocycles. The Morgan fingerprint density at radius 1 is 1.41 bits per heavy atom. The van der Waals surface area contributed by atoms with Crippen LogP contribution in [0.3, 0.4) is 0 Å². The highest BCUT2D eigenvalue weighted by molar-refractivity contribution is 7.90. The van der Waals surface area contributed by atoms with E-state index in [0.29, 0.717) is 13.1 Å². The first-order valence-electron chi connectivity index (χ1n) is 5.38. The topological polar surface area (TPSA) is 76.3 Å². The quantitative estimate of drug-likeness (QED) is 0.822. The number of hydrogen-bond acceptors (Lipinski definition) is 5. The van der Waals surface area contributed by atoms with Gasteiger partial charge in [-0.25, -0.2) is 13.4 Å². The highest BCUT2D eigenvalue weighted by atomic mass is 32.2. The molecule has 0 bridgehead atoms. The second-order valence-electron chi connectivity index (χ2n) is 4.23. The van der Waals surface area contributed by atoms with Crippen LogP contribution in [0.25, 0.3) is 0 Å². The van der Waals surface area contributed by atoms with Gasteiger partial charge in [0, 0.05) is 32.1 Å². The first-order valence-corrected chi connectivity index (χ1v) is 7.44. The number of sulfone groups is 1. The zero-order chi connectivity index (χ0) is 13.1. The fourth-order valence-electron chi connectivity index (χ4n) is 1.45. The number of nitrogens with zero attached hydrogens (tertiary/aromatic N) is 2. The van der Waals surface area contributed by atoms with Gasteiger partial charge < -0.3 is 10.6 Å². The van der Waals surface area contributed by atoms with Crippen molar-refractivity contribution < 1.29 is 8.42 Å². The van der Waals surface area contributed by atoms with Crippen molar-refractivity contribution in [3.8, 4) is 0 Å². The highest BCUT2D eigenvalue weighted by Gasteiger charge is 2.08. The van der Waals surface area contributed by atoms with E-state index in [4.69, 9.17) is 5.73 Å². The van der Waals surface area contributed by atoms with Crippen LogP contribution in [0.2, 0.25) is 0 Å². The van der Waals surface area contributed by atoms with Crippen LogP contribution in [0.1, 0.15) is 11.3 Å². The Bertz CT molecular complexity index is 485. The summed E-state index contributed by atoms with van der Waals surface area (Å²) in [7, 11) is -1.12. The van der Waals surface area contributed by atoms with Crippen molar-refractivity contribution in [1.29, 1.82) is 0 Å². The normalized spacial score (nSPS) is 11.5. The van der Waals surface area contributed by atoms with Crippen molar-refractivity contribution in [2.24, 2.45) is 5.73 Å². The van der Waals surface area contributed by atoms with Gasteiger partial charge in [0.2, 0.25) is 0 Å². The molecule has 0 radical (unpaired) electrons. The van der Waals surface area contributed by atoms with Crippen LogP contribution >= 0.6 is 0 Å². The van der Waals surface area contributed by atoms with E-state index in [2.05, 4.69) is 4.98 Å². The Morgan fingerprint density at radius 3 is 2.59 bits per heavy atom. The molecule has 5 nitrogen and oxygen atoms in total. The molecule has 0 atom stereocenters. The summed E-state index contributed by atoms with van der Waals surface area (Å²) in [4.78, 5) is 6.18. The Morgan fingerprint density at radius 2 is 2.06 bits per heavy atom. The third kappa shape index (κ3) is 4.70. The number of anilines is 1. The van der Waals surface area contributed by atoms with Gasteiger partial charge in [0.05, 0.1) is 5.75 Å². The highest BCUT2D eigenvalue weighted by Crippen LogP contribution is 2.13. The molecule has 0 aliphatic rings. The van der Waals surface area contributed by atoms with E-state index in [0.717, 1.165) is 17.1 Å². The summed E-state index contributed by atoms with van der Waals surface area (Å²) < 4.78 is 22.2. The first kappa shape index (κ1) is 13.9. The van der Waals surface area contributed by atoms with Crippen LogP contribution in [0.5, 0.6) is 0 Å². The number of aryl methyl sites for hydroxylation is 1. The lowest BCUT2D eigenvalue weighted by Gasteiger charge is -2.18. The van der Waals surface area contributed by atoms with Gasteiger partial charge in [-0.1, -0.05) is 0 Å². The van der Waals surface area contributed by atoms with Crippen LogP contribution in [0.4, 0.5) is 5.82 Å². The van der Waals surface area contributed by atoms with Crippen LogP contribution in [-0.2, 0) is 16.4 Å². The van der Waals surface area contributed by atoms with Crippen molar-refractivity contribution in [2.45, 2.75) is 13.5 Å². The van der Waals surface area contributed by atoms with Crippen molar-refractivity contribution >= 4 is 15.7 Å². The van der Waals surface area contributed by atoms with Gasteiger partial charge in [-0.05, 0) is 24.6 Å². The average Bonchev–Trinajstić information content (AvgIpc) is 2.23. The third-order valence-corrected chi connectivity index (χ3v) is 3.35. The predicted molar refractivity (Wildman–Crippen MR) is 69.8 cm³/mol. The van der Waals surface area contributed by atoms with Gasteiger partial charge in [-0.2, -0.15) is 0 Å². The van der Waals surface area contributed by atoms with E-state index in [1.165, 1.54) is 6.26 Å². The number of nitrogens with two attached hydrogens (primary N) is 1. The Kier molecular flexibility index (Phi) is 4.47. The molecule has 0 amide bonds. The molecule has 0 fully saturated rings. The number of aromatic nitrogens is 1. The Balaban J connectivity index is 2.81. The van der Waals surface area contributed by atoms with Crippen LogP contribution in [0, 0.1) is 6.92 Å². The minimum Gasteiger partial charge on any atom is -0.359 e. The number of hydrogen-bond donors (Lipinski definition) is 1. The molecule has 17 heavy (non-hydrogen) atoms. The maximum atomic E-state index is 11.1. The average molecular weight is 257 g/mol. The van der Waals surface area contributed by atoms with Crippen molar-refractivity contribution in [1.82, 2.24) is 4.98 Å². The van der Waals surface area contributed by atoms with Crippen LogP contribution in [0.15, 0.2) is 12.1 Å². The summed E-state index contributed by atoms with van der Waals surface area (Å²) in [5.74, 6) is 0.881. The molecule has 1 aromatic heterocycles. The molecule has 0 unspecified atom stereocenters. The molecule has 6 heteroatoms. The zero-order valence-corrected chi connectivity index (χ0v) is 11.3. The molecule has 0 aliphatic heterocycles. The monoisotopic (exact) mass is 257 g/mol. The van der Waals surface area contributed by atoms with Crippen LogP contribution in [-0.4, -0.2) is 39.0 Å². The second-order valence-corrected chi connectivity index (χ2v) is 6.49. The molecular weight excluding hydrogens is 238 g/mol. The van der Waals surface area contributed by atoms with Crippen LogP contribution < -0.4 is 10.6 Å². The second kappa shape index (κ2) is 5.46. The third-order valence-electron chi connectivity index (χ3n) is 2.42. The predicted octanol–water partition coefficient (Wildman–Crippen LogP) is 0.330. The van der Waals surface area contributed by atoms with Gasteiger partial charge in [0.1, 0.15) is 15.7 Å². The van der Waals surface area contributed by atoms with Crippen molar-refractivity contribution in [2.75, 3.05) is 30.5 Å². The Hall–Kier alpha value is -1.14. The molecule has 96 valence electrons. The fourth-order valence-corrected chi connectivity index (χ4v) is 2.06. The summed E-state index contributed by atoms with van der Waals surface area (Å²) in [6.45, 7) is 2.78. The van der Waals surface area contributed by atoms with E-state index in [1.807, 2.05) is 31.0 Å². The lowest BCUT2D eigenvalue weighted by atomic mass is 10.2. The molecule has 0 aliphatic carbocycles. The van der Waals surface area contributed by atoms with E-state index >= 15 is 0 Å². The van der Waals surface area contributed by atoms with Gasteiger partial charge in [-0.3, -0.25) is 0 Å². The van der Waals surface area contributed by atoms with E-state index < -0.39 is 9.84 Å². The van der Waals surface area contributed by atoms with Gasteiger partial charge in [0.25, 0.3) is 0 Å². The summed E-state index contributed by atoms with van der Waals surface area (Å²) >= 11 is 0. The summed E-state index contributed by atoms with van der Waals surface area (Å²) in [5, 5.41) is 0. The minimum absolute atomic E-state index is 0.122. The maximum Gasteiger partial charge on any atom is 0.149 e. The lowest BCUT2D eigenvalue weighted by molar-refractivity contribution is 0.601. The van der Waals surface area contributed by atoms with E-state index in [9.17, 15) is 8.42 Å². The molecule has 0 aromatic carbocycles. The summed E-state index contributed by atoms with van der Waals surface area (Å²) in [6.07, 6.45) is 1.23. The molecule has 0 saturated heterocycles. The molecule has 1 aromatic rings. The fraction of sp³-hybridized carbons (Fsp3) is 0.545. The van der Waals surface area contributed by atoms with E-state index in [-0.39, 0.29) is 5.75 Å². The standard InChI is InChI=1S/C11H19N3O2S/c1-9-6-10(8-12)7-11(13-9)14(2)4-5-17(3,15)16/h6-7H,4-5,8,12H2,1-3H3. The summed E-state index contributed by atoms with van der Waals surface area (Å²) in [6, 6.07) is 3.81. The smallest absolute Gasteiger partial charge is 0.149 e. The SMILES string of the molecule is Cc1cc(CN)cc(N(C)CCS(C)(=O)=O)n1. The first-order chi connectivity index (χ1) is 7.81. The van der Waals surface area contributed by atoms with Crippen molar-refractivity contribution in [3.05, 3.63) is 23.4 Å². The maximum absolute atomic E-state index is 11.1. The van der Waals surface area contributed by atoms with Crippen molar-refractivity contribution in [3.63, 3.8) is 0 Å². The molecule has 2 N–H and O–H groups in total. The lowest BCUT2D eigenvalue weighted by Crippen LogP contribution is -2.26. The molecular formula is C11H19N3O2S. The minimum atomic E-state index is -2.95. The Labute approximate surface area is 103 Å². The molecule has 0 spiro atoms. The van der Waals surface area contributed by atoms with Gasteiger partial charge in [-0.15, -0.1) is 0 Å². The van der Waals surface area contributed by atoms with E-state index in [1.54, 1.807) is 0 Å². The van der Waals surface area contributed by atoms with Gasteiger partial charge in [0.15, 0.2) is 0 Å². The summed E-state index contributed by atoms with van der Waals surface area (Å²) in [5.41, 5.74) is 7.47. The number of rotatable bonds is 5. The number of pyridine rings is 1. The molecule has 1 rings (SSSR count). The zero-order valence-electron chi connectivity index (χ0n) is 10.5. The largest absolute Gasteiger partial charge is 0.359 e. The molecule has 0 saturated carbocycles.